The molecular weight excluding hydrogens is 206 g/mol. The Morgan fingerprint density at radius 3 is 3.07 bits per heavy atom. The zero-order valence-electron chi connectivity index (χ0n) is 7.05. The lowest BCUT2D eigenvalue weighted by Gasteiger charge is -1.99. The highest BCUT2D eigenvalue weighted by Crippen LogP contribution is 2.07. The van der Waals surface area contributed by atoms with Crippen LogP contribution in [0.25, 0.3) is 11.0 Å². The number of rotatable bonds is 2. The van der Waals surface area contributed by atoms with E-state index in [2.05, 4.69) is 10.3 Å². The molecule has 0 radical (unpaired) electrons. The van der Waals surface area contributed by atoms with Crippen LogP contribution in [0.4, 0.5) is 0 Å². The van der Waals surface area contributed by atoms with Crippen molar-refractivity contribution in [1.29, 1.82) is 0 Å². The van der Waals surface area contributed by atoms with Crippen LogP contribution < -0.4 is 4.84 Å². The third kappa shape index (κ3) is 1.54. The van der Waals surface area contributed by atoms with Crippen molar-refractivity contribution in [1.82, 2.24) is 15.2 Å². The monoisotopic (exact) mass is 211 g/mol. The van der Waals surface area contributed by atoms with E-state index in [1.807, 2.05) is 6.07 Å². The van der Waals surface area contributed by atoms with Crippen molar-refractivity contribution in [3.63, 3.8) is 0 Å². The maximum atomic E-state index is 10.9. The van der Waals surface area contributed by atoms with E-state index in [0.29, 0.717) is 11.0 Å². The van der Waals surface area contributed by atoms with Crippen molar-refractivity contribution in [3.8, 4) is 0 Å². The number of hydrogen-bond donors (Lipinski definition) is 0. The van der Waals surface area contributed by atoms with E-state index in [9.17, 15) is 4.79 Å². The number of aromatic nitrogens is 3. The van der Waals surface area contributed by atoms with Gasteiger partial charge in [0.05, 0.1) is 0 Å². The molecule has 0 amide bonds. The van der Waals surface area contributed by atoms with E-state index >= 15 is 0 Å². The maximum Gasteiger partial charge on any atom is 0.349 e. The van der Waals surface area contributed by atoms with Gasteiger partial charge in [-0.25, -0.2) is 4.79 Å². The van der Waals surface area contributed by atoms with Crippen molar-refractivity contribution >= 4 is 28.6 Å². The van der Waals surface area contributed by atoms with Crippen molar-refractivity contribution < 1.29 is 9.63 Å². The van der Waals surface area contributed by atoms with Gasteiger partial charge in [-0.05, 0) is 17.3 Å². The second-order valence-electron chi connectivity index (χ2n) is 2.55. The molecule has 6 heteroatoms. The van der Waals surface area contributed by atoms with Gasteiger partial charge in [-0.2, -0.15) is 0 Å². The number of carbonyl (C=O) groups is 1. The molecule has 0 atom stereocenters. The fourth-order valence-corrected chi connectivity index (χ4v) is 1.08. The van der Waals surface area contributed by atoms with Crippen molar-refractivity contribution in [2.24, 2.45) is 0 Å². The van der Waals surface area contributed by atoms with Crippen LogP contribution in [-0.4, -0.2) is 27.0 Å². The molecule has 0 saturated heterocycles. The van der Waals surface area contributed by atoms with Gasteiger partial charge in [0.1, 0.15) is 16.9 Å². The van der Waals surface area contributed by atoms with Gasteiger partial charge in [0, 0.05) is 0 Å². The zero-order valence-corrected chi connectivity index (χ0v) is 7.81. The van der Waals surface area contributed by atoms with Gasteiger partial charge in [-0.3, -0.25) is 0 Å². The highest BCUT2D eigenvalue weighted by atomic mass is 35.5. The molecule has 2 rings (SSSR count). The first-order chi connectivity index (χ1) is 6.81. The Balaban J connectivity index is 2.38. The molecule has 1 aromatic carbocycles. The predicted octanol–water partition coefficient (Wildman–Crippen LogP) is 0.625. The van der Waals surface area contributed by atoms with Crippen LogP contribution in [0.2, 0.25) is 0 Å². The summed E-state index contributed by atoms with van der Waals surface area (Å²) in [5, 5.41) is 7.45. The van der Waals surface area contributed by atoms with Gasteiger partial charge in [0.25, 0.3) is 0 Å². The second kappa shape index (κ2) is 3.63. The largest absolute Gasteiger partial charge is 0.349 e. The number of alkyl halides is 1. The second-order valence-corrected chi connectivity index (χ2v) is 2.82. The van der Waals surface area contributed by atoms with Gasteiger partial charge in [-0.1, -0.05) is 17.0 Å². The van der Waals surface area contributed by atoms with Crippen LogP contribution in [0.1, 0.15) is 0 Å². The molecule has 5 nitrogen and oxygen atoms in total. The van der Waals surface area contributed by atoms with Crippen molar-refractivity contribution in [3.05, 3.63) is 24.3 Å². The fourth-order valence-electron chi connectivity index (χ4n) is 1.04. The van der Waals surface area contributed by atoms with E-state index in [1.54, 1.807) is 18.2 Å². The standard InChI is InChI=1S/C8H6ClN3O2/c9-5-8(13)14-12-7-4-2-1-3-6(7)10-11-12/h1-4H,5H2. The first-order valence-corrected chi connectivity index (χ1v) is 4.42. The van der Waals surface area contributed by atoms with Crippen LogP contribution in [0, 0.1) is 0 Å². The normalized spacial score (nSPS) is 10.4. The summed E-state index contributed by atoms with van der Waals surface area (Å²) in [6, 6.07) is 7.14. The molecule has 1 aromatic heterocycles. The lowest BCUT2D eigenvalue weighted by atomic mass is 10.3. The first kappa shape index (κ1) is 8.96. The summed E-state index contributed by atoms with van der Waals surface area (Å²) in [5.74, 6) is -0.781. The molecule has 0 aliphatic rings. The smallest absolute Gasteiger partial charge is 0.316 e. The molecule has 1 heterocycles. The lowest BCUT2D eigenvalue weighted by Crippen LogP contribution is -2.21. The lowest BCUT2D eigenvalue weighted by molar-refractivity contribution is -0.142. The van der Waals surface area contributed by atoms with Crippen LogP contribution >= 0.6 is 11.6 Å². The fraction of sp³-hybridized carbons (Fsp3) is 0.125. The van der Waals surface area contributed by atoms with E-state index in [0.717, 1.165) is 4.85 Å². The first-order valence-electron chi connectivity index (χ1n) is 3.89. The molecule has 0 unspecified atom stereocenters. The average molecular weight is 212 g/mol. The summed E-state index contributed by atoms with van der Waals surface area (Å²) >= 11 is 5.28. The van der Waals surface area contributed by atoms with Gasteiger partial charge in [0.2, 0.25) is 0 Å². The van der Waals surface area contributed by atoms with Crippen LogP contribution in [0.5, 0.6) is 0 Å². The summed E-state index contributed by atoms with van der Waals surface area (Å²) in [5.41, 5.74) is 1.29. The molecule has 0 aliphatic carbocycles. The minimum absolute atomic E-state index is 0.214. The number of hydrogen-bond acceptors (Lipinski definition) is 4. The minimum Gasteiger partial charge on any atom is -0.316 e. The summed E-state index contributed by atoms with van der Waals surface area (Å²) in [6.07, 6.45) is 0. The molecule has 0 fully saturated rings. The third-order valence-corrected chi connectivity index (χ3v) is 1.84. The Bertz CT molecular complexity index is 468. The highest BCUT2D eigenvalue weighted by molar-refractivity contribution is 6.26. The summed E-state index contributed by atoms with van der Waals surface area (Å²) < 4.78 is 0. The Morgan fingerprint density at radius 2 is 2.29 bits per heavy atom. The molecule has 2 aromatic rings. The Morgan fingerprint density at radius 1 is 1.50 bits per heavy atom. The van der Waals surface area contributed by atoms with Gasteiger partial charge < -0.3 is 4.84 Å². The molecule has 0 aliphatic heterocycles. The SMILES string of the molecule is O=C(CCl)On1nnc2ccccc21. The van der Waals surface area contributed by atoms with E-state index in [4.69, 9.17) is 16.4 Å². The summed E-state index contributed by atoms with van der Waals surface area (Å²) in [6.45, 7) is 0. The number of fused-ring (bicyclic) bond motifs is 1. The quantitative estimate of drug-likeness (QED) is 0.540. The topological polar surface area (TPSA) is 57.0 Å². The maximum absolute atomic E-state index is 10.9. The summed E-state index contributed by atoms with van der Waals surface area (Å²) in [4.78, 5) is 16.7. The average Bonchev–Trinajstić information content (AvgIpc) is 2.62. The number of carbonyl (C=O) groups excluding carboxylic acids is 1. The molecule has 72 valence electrons. The number of nitrogens with zero attached hydrogens (tertiary/aromatic N) is 3. The van der Waals surface area contributed by atoms with Crippen LogP contribution in [0.15, 0.2) is 24.3 Å². The molecule has 14 heavy (non-hydrogen) atoms. The molecular formula is C8H6ClN3O2. The zero-order chi connectivity index (χ0) is 9.97. The van der Waals surface area contributed by atoms with E-state index in [1.165, 1.54) is 0 Å². The van der Waals surface area contributed by atoms with Gasteiger partial charge in [0.15, 0.2) is 0 Å². The van der Waals surface area contributed by atoms with E-state index in [-0.39, 0.29) is 5.88 Å². The number of benzene rings is 1. The molecule has 0 bridgehead atoms. The van der Waals surface area contributed by atoms with Gasteiger partial charge in [-0.15, -0.1) is 16.7 Å². The number of para-hydroxylation sites is 1. The van der Waals surface area contributed by atoms with Gasteiger partial charge >= 0.3 is 5.97 Å². The van der Waals surface area contributed by atoms with E-state index < -0.39 is 5.97 Å². The van der Waals surface area contributed by atoms with Crippen molar-refractivity contribution in [2.75, 3.05) is 5.88 Å². The third-order valence-electron chi connectivity index (χ3n) is 1.62. The van der Waals surface area contributed by atoms with Crippen LogP contribution in [-0.2, 0) is 4.79 Å². The van der Waals surface area contributed by atoms with Crippen LogP contribution in [0.3, 0.4) is 0 Å². The predicted molar refractivity (Wildman–Crippen MR) is 49.8 cm³/mol. The Labute approximate surface area is 84.2 Å². The highest BCUT2D eigenvalue weighted by Gasteiger charge is 2.07. The van der Waals surface area contributed by atoms with Crippen molar-refractivity contribution in [2.45, 2.75) is 0 Å². The molecule has 0 N–H and O–H groups in total. The Hall–Kier alpha value is -1.62. The minimum atomic E-state index is -0.567. The Kier molecular flexibility index (Phi) is 2.32. The number of halogens is 1. The summed E-state index contributed by atoms with van der Waals surface area (Å²) in [7, 11) is 0. The molecule has 0 spiro atoms. The molecule has 0 saturated carbocycles.